The SMILES string of the molecule is O=C(c1nc2ccccc2[nH]1)N1C2CCC1C(Nc1cnc(C(F)(F)F)cn1)C2. The van der Waals surface area contributed by atoms with E-state index in [0.717, 1.165) is 30.1 Å². The number of hydrogen-bond donors (Lipinski definition) is 2. The van der Waals surface area contributed by atoms with E-state index < -0.39 is 11.9 Å². The van der Waals surface area contributed by atoms with Crippen molar-refractivity contribution in [3.63, 3.8) is 0 Å². The highest BCUT2D eigenvalue weighted by molar-refractivity contribution is 5.95. The van der Waals surface area contributed by atoms with Gasteiger partial charge in [-0.15, -0.1) is 0 Å². The van der Waals surface area contributed by atoms with Gasteiger partial charge in [0.1, 0.15) is 5.82 Å². The first-order chi connectivity index (χ1) is 13.9. The van der Waals surface area contributed by atoms with Gasteiger partial charge in [0.25, 0.3) is 5.91 Å². The van der Waals surface area contributed by atoms with E-state index in [0.29, 0.717) is 18.4 Å². The van der Waals surface area contributed by atoms with Crippen molar-refractivity contribution in [1.29, 1.82) is 0 Å². The van der Waals surface area contributed by atoms with Gasteiger partial charge in [-0.2, -0.15) is 13.2 Å². The van der Waals surface area contributed by atoms with Crippen LogP contribution < -0.4 is 5.32 Å². The Morgan fingerprint density at radius 3 is 2.72 bits per heavy atom. The number of carbonyl (C=O) groups excluding carboxylic acids is 1. The molecule has 2 aliphatic rings. The molecule has 0 saturated carbocycles. The lowest BCUT2D eigenvalue weighted by molar-refractivity contribution is -0.141. The number of carbonyl (C=O) groups is 1. The van der Waals surface area contributed by atoms with Crippen LogP contribution in [-0.2, 0) is 6.18 Å². The van der Waals surface area contributed by atoms with Crippen molar-refractivity contribution in [2.75, 3.05) is 5.32 Å². The molecule has 0 spiro atoms. The van der Waals surface area contributed by atoms with E-state index in [1.54, 1.807) is 0 Å². The van der Waals surface area contributed by atoms with Gasteiger partial charge in [-0.25, -0.2) is 15.0 Å². The van der Waals surface area contributed by atoms with E-state index >= 15 is 0 Å². The van der Waals surface area contributed by atoms with Gasteiger partial charge < -0.3 is 15.2 Å². The fourth-order valence-electron chi connectivity index (χ4n) is 4.38. The Kier molecular flexibility index (Phi) is 3.97. The Morgan fingerprint density at radius 2 is 2.00 bits per heavy atom. The highest BCUT2D eigenvalue weighted by atomic mass is 19.4. The lowest BCUT2D eigenvalue weighted by Crippen LogP contribution is -2.40. The molecule has 1 amide bonds. The number of aromatic amines is 1. The van der Waals surface area contributed by atoms with Crippen LogP contribution in [0.4, 0.5) is 19.0 Å². The highest BCUT2D eigenvalue weighted by Crippen LogP contribution is 2.40. The average molecular weight is 402 g/mol. The number of aromatic nitrogens is 4. The minimum Gasteiger partial charge on any atom is -0.364 e. The molecule has 4 heterocycles. The first-order valence-corrected chi connectivity index (χ1v) is 9.33. The second-order valence-electron chi connectivity index (χ2n) is 7.38. The van der Waals surface area contributed by atoms with E-state index in [2.05, 4.69) is 25.3 Å². The quantitative estimate of drug-likeness (QED) is 0.703. The number of para-hydroxylation sites is 2. The number of rotatable bonds is 3. The van der Waals surface area contributed by atoms with Gasteiger partial charge in [0.15, 0.2) is 11.5 Å². The maximum absolute atomic E-state index is 13.1. The summed E-state index contributed by atoms with van der Waals surface area (Å²) in [7, 11) is 0. The number of amides is 1. The van der Waals surface area contributed by atoms with Gasteiger partial charge in [0.2, 0.25) is 0 Å². The zero-order chi connectivity index (χ0) is 20.2. The number of imidazole rings is 1. The van der Waals surface area contributed by atoms with E-state index in [1.165, 1.54) is 0 Å². The van der Waals surface area contributed by atoms with Crippen molar-refractivity contribution in [2.24, 2.45) is 0 Å². The summed E-state index contributed by atoms with van der Waals surface area (Å²) in [6, 6.07) is 7.36. The maximum Gasteiger partial charge on any atom is 0.434 e. The molecule has 2 aromatic heterocycles. The third-order valence-corrected chi connectivity index (χ3v) is 5.64. The summed E-state index contributed by atoms with van der Waals surface area (Å²) in [6.07, 6.45) is -0.296. The smallest absolute Gasteiger partial charge is 0.364 e. The molecule has 2 N–H and O–H groups in total. The van der Waals surface area contributed by atoms with Crippen LogP contribution in [0.25, 0.3) is 11.0 Å². The molecule has 3 unspecified atom stereocenters. The second-order valence-corrected chi connectivity index (χ2v) is 7.38. The predicted octanol–water partition coefficient (Wildman–Crippen LogP) is 3.23. The van der Waals surface area contributed by atoms with Crippen LogP contribution in [0.15, 0.2) is 36.7 Å². The Morgan fingerprint density at radius 1 is 1.17 bits per heavy atom. The molecule has 7 nitrogen and oxygen atoms in total. The zero-order valence-corrected chi connectivity index (χ0v) is 15.1. The molecule has 10 heteroatoms. The van der Waals surface area contributed by atoms with Crippen molar-refractivity contribution in [2.45, 2.75) is 43.6 Å². The number of halogens is 3. The largest absolute Gasteiger partial charge is 0.434 e. The fourth-order valence-corrected chi connectivity index (χ4v) is 4.38. The van der Waals surface area contributed by atoms with Crippen molar-refractivity contribution < 1.29 is 18.0 Å². The number of alkyl halides is 3. The van der Waals surface area contributed by atoms with Crippen LogP contribution in [-0.4, -0.2) is 48.9 Å². The average Bonchev–Trinajstić information content (AvgIpc) is 3.39. The van der Waals surface area contributed by atoms with Crippen molar-refractivity contribution in [3.05, 3.63) is 48.2 Å². The van der Waals surface area contributed by atoms with Crippen LogP contribution in [0, 0.1) is 0 Å². The maximum atomic E-state index is 13.1. The molecule has 29 heavy (non-hydrogen) atoms. The Balaban J connectivity index is 1.33. The third kappa shape index (κ3) is 3.08. The van der Waals surface area contributed by atoms with Gasteiger partial charge in [0, 0.05) is 6.04 Å². The molecule has 0 aliphatic carbocycles. The highest BCUT2D eigenvalue weighted by Gasteiger charge is 2.49. The summed E-state index contributed by atoms with van der Waals surface area (Å²) in [5, 5.41) is 3.15. The number of benzene rings is 1. The van der Waals surface area contributed by atoms with Gasteiger partial charge in [-0.05, 0) is 31.4 Å². The lowest BCUT2D eigenvalue weighted by atomic mass is 9.95. The molecule has 5 rings (SSSR count). The topological polar surface area (TPSA) is 86.8 Å². The molecule has 3 aromatic rings. The molecule has 1 aromatic carbocycles. The number of H-pyrrole nitrogens is 1. The summed E-state index contributed by atoms with van der Waals surface area (Å²) in [6.45, 7) is 0. The number of hydrogen-bond acceptors (Lipinski definition) is 5. The fraction of sp³-hybridized carbons (Fsp3) is 0.368. The van der Waals surface area contributed by atoms with Crippen LogP contribution in [0.1, 0.15) is 35.6 Å². The summed E-state index contributed by atoms with van der Waals surface area (Å²) in [4.78, 5) is 29.7. The monoisotopic (exact) mass is 402 g/mol. The molecular formula is C19H17F3N6O. The number of fused-ring (bicyclic) bond motifs is 3. The molecule has 2 aliphatic heterocycles. The second kappa shape index (κ2) is 6.43. The third-order valence-electron chi connectivity index (χ3n) is 5.64. The van der Waals surface area contributed by atoms with Gasteiger partial charge in [-0.1, -0.05) is 12.1 Å². The number of nitrogens with one attached hydrogen (secondary N) is 2. The minimum atomic E-state index is -4.52. The lowest BCUT2D eigenvalue weighted by Gasteiger charge is -2.24. The van der Waals surface area contributed by atoms with Crippen molar-refractivity contribution in [3.8, 4) is 0 Å². The first kappa shape index (κ1) is 17.9. The predicted molar refractivity (Wildman–Crippen MR) is 98.1 cm³/mol. The molecule has 0 radical (unpaired) electrons. The summed E-state index contributed by atoms with van der Waals surface area (Å²) < 4.78 is 37.9. The molecule has 3 atom stereocenters. The van der Waals surface area contributed by atoms with Crippen LogP contribution in [0.2, 0.25) is 0 Å². The molecule has 2 fully saturated rings. The van der Waals surface area contributed by atoms with Crippen molar-refractivity contribution >= 4 is 22.8 Å². The van der Waals surface area contributed by atoms with Gasteiger partial charge in [0.05, 0.1) is 35.5 Å². The summed E-state index contributed by atoms with van der Waals surface area (Å²) in [5.74, 6) is 0.418. The summed E-state index contributed by atoms with van der Waals surface area (Å²) >= 11 is 0. The normalized spacial score (nSPS) is 23.7. The molecule has 150 valence electrons. The zero-order valence-electron chi connectivity index (χ0n) is 15.1. The Labute approximate surface area is 163 Å². The molecule has 2 bridgehead atoms. The minimum absolute atomic E-state index is 0.0650. The van der Waals surface area contributed by atoms with E-state index in [-0.39, 0.29) is 29.9 Å². The summed E-state index contributed by atoms with van der Waals surface area (Å²) in [5.41, 5.74) is 0.506. The number of anilines is 1. The van der Waals surface area contributed by atoms with E-state index in [4.69, 9.17) is 0 Å². The first-order valence-electron chi connectivity index (χ1n) is 9.33. The standard InChI is InChI=1S/C19H17F3N6O/c20-19(21,22)15-8-24-16(9-23-15)25-13-7-10-5-6-14(13)28(10)18(29)17-26-11-3-1-2-4-12(11)27-17/h1-4,8-10,13-14H,5-7H2,(H,24,25)(H,26,27). The van der Waals surface area contributed by atoms with Crippen LogP contribution in [0.3, 0.4) is 0 Å². The molecular weight excluding hydrogens is 385 g/mol. The Hall–Kier alpha value is -3.17. The van der Waals surface area contributed by atoms with Gasteiger partial charge >= 0.3 is 6.18 Å². The van der Waals surface area contributed by atoms with Crippen LogP contribution in [0.5, 0.6) is 0 Å². The van der Waals surface area contributed by atoms with Crippen LogP contribution >= 0.6 is 0 Å². The van der Waals surface area contributed by atoms with Gasteiger partial charge in [-0.3, -0.25) is 4.79 Å². The van der Waals surface area contributed by atoms with E-state index in [1.807, 2.05) is 29.2 Å². The van der Waals surface area contributed by atoms with E-state index in [9.17, 15) is 18.0 Å². The molecule has 2 saturated heterocycles. The Bertz CT molecular complexity index is 1030. The number of nitrogens with zero attached hydrogens (tertiary/aromatic N) is 4. The van der Waals surface area contributed by atoms with Crippen molar-refractivity contribution in [1.82, 2.24) is 24.8 Å².